The molecule has 0 bridgehead atoms. The molecule has 3 nitrogen and oxygen atoms in total. The lowest BCUT2D eigenvalue weighted by molar-refractivity contribution is -0.146. The Labute approximate surface area is 109 Å². The minimum Gasteiger partial charge on any atom is -0.457 e. The van der Waals surface area contributed by atoms with E-state index in [2.05, 4.69) is 23.6 Å². The molecule has 0 aliphatic carbocycles. The van der Waals surface area contributed by atoms with Gasteiger partial charge in [-0.05, 0) is 26.1 Å². The minimum absolute atomic E-state index is 0.0556. The van der Waals surface area contributed by atoms with Crippen molar-refractivity contribution in [3.8, 4) is 0 Å². The number of carbonyl (C=O) groups is 1. The lowest BCUT2D eigenvalue weighted by Crippen LogP contribution is -2.34. The molecule has 3 heteroatoms. The fourth-order valence-corrected chi connectivity index (χ4v) is 2.06. The van der Waals surface area contributed by atoms with Crippen LogP contribution in [0.15, 0.2) is 43.0 Å². The fraction of sp³-hybridized carbons (Fsp3) is 0.400. The zero-order valence-electron chi connectivity index (χ0n) is 11.3. The maximum absolute atomic E-state index is 11.4. The van der Waals surface area contributed by atoms with Gasteiger partial charge in [0.05, 0.1) is 6.04 Å². The summed E-state index contributed by atoms with van der Waals surface area (Å²) in [6.45, 7) is 5.45. The predicted molar refractivity (Wildman–Crippen MR) is 73.2 cm³/mol. The molecule has 0 N–H and O–H groups in total. The Morgan fingerprint density at radius 3 is 2.44 bits per heavy atom. The highest BCUT2D eigenvalue weighted by atomic mass is 16.5. The molecule has 2 atom stereocenters. The number of benzene rings is 1. The molecule has 0 amide bonds. The van der Waals surface area contributed by atoms with Gasteiger partial charge in [0.25, 0.3) is 0 Å². The molecular formula is C15H21NO2. The van der Waals surface area contributed by atoms with Crippen LogP contribution in [0.2, 0.25) is 0 Å². The Balaban J connectivity index is 2.95. The smallest absolute Gasteiger partial charge is 0.330 e. The summed E-state index contributed by atoms with van der Waals surface area (Å²) in [6.07, 6.45) is 1.80. The van der Waals surface area contributed by atoms with E-state index in [1.54, 1.807) is 0 Å². The zero-order valence-corrected chi connectivity index (χ0v) is 11.3. The van der Waals surface area contributed by atoms with Gasteiger partial charge in [0, 0.05) is 6.08 Å². The third-order valence-corrected chi connectivity index (χ3v) is 2.89. The van der Waals surface area contributed by atoms with Crippen molar-refractivity contribution in [2.75, 3.05) is 14.1 Å². The molecule has 2 unspecified atom stereocenters. The van der Waals surface area contributed by atoms with Crippen molar-refractivity contribution in [2.45, 2.75) is 25.5 Å². The van der Waals surface area contributed by atoms with Gasteiger partial charge < -0.3 is 4.74 Å². The van der Waals surface area contributed by atoms with Gasteiger partial charge >= 0.3 is 5.97 Å². The molecule has 0 radical (unpaired) electrons. The van der Waals surface area contributed by atoms with E-state index in [0.717, 1.165) is 12.0 Å². The SMILES string of the molecule is C=CC(=O)OC(CC)C(c1ccccc1)N(C)C. The van der Waals surface area contributed by atoms with Gasteiger partial charge in [-0.15, -0.1) is 0 Å². The summed E-state index contributed by atoms with van der Waals surface area (Å²) < 4.78 is 5.43. The van der Waals surface area contributed by atoms with Crippen LogP contribution in [0.3, 0.4) is 0 Å². The first kappa shape index (κ1) is 14.5. The van der Waals surface area contributed by atoms with Gasteiger partial charge in [0.1, 0.15) is 6.10 Å². The van der Waals surface area contributed by atoms with Crippen LogP contribution in [-0.4, -0.2) is 31.1 Å². The molecule has 0 aromatic heterocycles. The lowest BCUT2D eigenvalue weighted by Gasteiger charge is -2.31. The summed E-state index contributed by atoms with van der Waals surface area (Å²) in [4.78, 5) is 13.4. The lowest BCUT2D eigenvalue weighted by atomic mass is 9.98. The maximum atomic E-state index is 11.4. The summed E-state index contributed by atoms with van der Waals surface area (Å²) >= 11 is 0. The Bertz CT molecular complexity index is 387. The van der Waals surface area contributed by atoms with Crippen molar-refractivity contribution in [3.63, 3.8) is 0 Å². The number of carbonyl (C=O) groups excluding carboxylic acids is 1. The number of likely N-dealkylation sites (N-methyl/N-ethyl adjacent to an activating group) is 1. The average Bonchev–Trinajstić information content (AvgIpc) is 2.38. The molecule has 0 fully saturated rings. The minimum atomic E-state index is -0.371. The Morgan fingerprint density at radius 1 is 1.39 bits per heavy atom. The molecule has 1 aromatic rings. The summed E-state index contributed by atoms with van der Waals surface area (Å²) in [7, 11) is 3.98. The van der Waals surface area contributed by atoms with E-state index in [-0.39, 0.29) is 18.1 Å². The number of hydrogen-bond acceptors (Lipinski definition) is 3. The molecule has 0 spiro atoms. The highest BCUT2D eigenvalue weighted by Gasteiger charge is 2.26. The Hall–Kier alpha value is -1.61. The van der Waals surface area contributed by atoms with Crippen LogP contribution in [0.25, 0.3) is 0 Å². The Kier molecular flexibility index (Phi) is 5.59. The van der Waals surface area contributed by atoms with Crippen LogP contribution in [0, 0.1) is 0 Å². The van der Waals surface area contributed by atoms with Crippen LogP contribution in [-0.2, 0) is 9.53 Å². The summed E-state index contributed by atoms with van der Waals surface area (Å²) in [6, 6.07) is 10.1. The van der Waals surface area contributed by atoms with Gasteiger partial charge in [-0.2, -0.15) is 0 Å². The van der Waals surface area contributed by atoms with Crippen LogP contribution in [0.4, 0.5) is 0 Å². The first-order valence-electron chi connectivity index (χ1n) is 6.14. The van der Waals surface area contributed by atoms with Crippen LogP contribution in [0.5, 0.6) is 0 Å². The van der Waals surface area contributed by atoms with E-state index in [4.69, 9.17) is 4.74 Å². The van der Waals surface area contributed by atoms with Gasteiger partial charge in [-0.25, -0.2) is 4.79 Å². The fourth-order valence-electron chi connectivity index (χ4n) is 2.06. The zero-order chi connectivity index (χ0) is 13.5. The van der Waals surface area contributed by atoms with Gasteiger partial charge in [0.2, 0.25) is 0 Å². The molecular weight excluding hydrogens is 226 g/mol. The highest BCUT2D eigenvalue weighted by Crippen LogP contribution is 2.26. The van der Waals surface area contributed by atoms with Gasteiger partial charge in [0.15, 0.2) is 0 Å². The average molecular weight is 247 g/mol. The largest absolute Gasteiger partial charge is 0.457 e. The second-order valence-corrected chi connectivity index (χ2v) is 4.41. The first-order valence-corrected chi connectivity index (χ1v) is 6.14. The molecule has 18 heavy (non-hydrogen) atoms. The van der Waals surface area contributed by atoms with Crippen molar-refractivity contribution in [2.24, 2.45) is 0 Å². The number of nitrogens with zero attached hydrogens (tertiary/aromatic N) is 1. The molecule has 98 valence electrons. The third-order valence-electron chi connectivity index (χ3n) is 2.89. The van der Waals surface area contributed by atoms with E-state index in [1.165, 1.54) is 6.08 Å². The number of esters is 1. The Morgan fingerprint density at radius 2 is 2.00 bits per heavy atom. The summed E-state index contributed by atoms with van der Waals surface area (Å²) in [5, 5.41) is 0. The molecule has 1 aromatic carbocycles. The van der Waals surface area contributed by atoms with Crippen molar-refractivity contribution in [3.05, 3.63) is 48.6 Å². The number of ether oxygens (including phenoxy) is 1. The van der Waals surface area contributed by atoms with Crippen molar-refractivity contribution >= 4 is 5.97 Å². The maximum Gasteiger partial charge on any atom is 0.330 e. The van der Waals surface area contributed by atoms with E-state index in [9.17, 15) is 4.79 Å². The first-order chi connectivity index (χ1) is 8.60. The molecule has 0 aliphatic rings. The second kappa shape index (κ2) is 6.97. The second-order valence-electron chi connectivity index (χ2n) is 4.41. The summed E-state index contributed by atoms with van der Waals surface area (Å²) in [5.41, 5.74) is 1.14. The topological polar surface area (TPSA) is 29.5 Å². The van der Waals surface area contributed by atoms with Crippen LogP contribution >= 0.6 is 0 Å². The summed E-state index contributed by atoms with van der Waals surface area (Å²) in [5.74, 6) is -0.371. The van der Waals surface area contributed by atoms with Crippen LogP contribution < -0.4 is 0 Å². The highest BCUT2D eigenvalue weighted by molar-refractivity contribution is 5.81. The quantitative estimate of drug-likeness (QED) is 0.572. The van der Waals surface area contributed by atoms with Crippen molar-refractivity contribution in [1.29, 1.82) is 0 Å². The number of hydrogen-bond donors (Lipinski definition) is 0. The predicted octanol–water partition coefficient (Wildman–Crippen LogP) is 2.80. The standard InChI is InChI=1S/C15H21NO2/c1-5-13(18-14(17)6-2)15(16(3)4)12-10-8-7-9-11-12/h6-11,13,15H,2,5H2,1,3-4H3. The van der Waals surface area contributed by atoms with Crippen molar-refractivity contribution < 1.29 is 9.53 Å². The molecule has 0 heterocycles. The third kappa shape index (κ3) is 3.70. The number of rotatable bonds is 6. The van der Waals surface area contributed by atoms with Gasteiger partial charge in [-0.1, -0.05) is 43.8 Å². The van der Waals surface area contributed by atoms with E-state index in [1.807, 2.05) is 39.2 Å². The van der Waals surface area contributed by atoms with E-state index in [0.29, 0.717) is 0 Å². The normalized spacial score (nSPS) is 14.0. The molecule has 0 saturated heterocycles. The van der Waals surface area contributed by atoms with Gasteiger partial charge in [-0.3, -0.25) is 4.90 Å². The van der Waals surface area contributed by atoms with Crippen LogP contribution in [0.1, 0.15) is 24.9 Å². The molecule has 1 rings (SSSR count). The monoisotopic (exact) mass is 247 g/mol. The van der Waals surface area contributed by atoms with E-state index >= 15 is 0 Å². The molecule has 0 aliphatic heterocycles. The van der Waals surface area contributed by atoms with Crippen molar-refractivity contribution in [1.82, 2.24) is 4.90 Å². The van der Waals surface area contributed by atoms with E-state index < -0.39 is 0 Å². The molecule has 0 saturated carbocycles.